The summed E-state index contributed by atoms with van der Waals surface area (Å²) in [5, 5.41) is 15.9. The number of benzene rings is 3. The minimum absolute atomic E-state index is 0.0943. The van der Waals surface area contributed by atoms with Gasteiger partial charge in [-0.2, -0.15) is 0 Å². The van der Waals surface area contributed by atoms with Crippen LogP contribution in [-0.4, -0.2) is 28.9 Å². The predicted octanol–water partition coefficient (Wildman–Crippen LogP) is 7.03. The van der Waals surface area contributed by atoms with Crippen LogP contribution in [-0.2, 0) is 0 Å². The van der Waals surface area contributed by atoms with Crippen LogP contribution in [0.4, 0.5) is 17.1 Å². The number of carbonyl (C=O) groups excluding carboxylic acids is 1. The molecule has 1 aromatic heterocycles. The van der Waals surface area contributed by atoms with Gasteiger partial charge >= 0.3 is 0 Å². The Morgan fingerprint density at radius 1 is 1.09 bits per heavy atom. The number of aromatic nitrogens is 1. The number of amides is 1. The highest BCUT2D eigenvalue weighted by atomic mass is 35.5. The number of carbonyl (C=O) groups is 1. The summed E-state index contributed by atoms with van der Waals surface area (Å²) in [6, 6.07) is 15.5. The minimum atomic E-state index is -0.511. The molecule has 5 rings (SSSR count). The summed E-state index contributed by atoms with van der Waals surface area (Å²) in [5.41, 5.74) is 2.35. The maximum Gasteiger partial charge on any atom is 0.293 e. The van der Waals surface area contributed by atoms with Gasteiger partial charge in [-0.05, 0) is 49.2 Å². The summed E-state index contributed by atoms with van der Waals surface area (Å²) in [6.07, 6.45) is 1.98. The molecule has 7 nitrogen and oxygen atoms in total. The van der Waals surface area contributed by atoms with E-state index >= 15 is 0 Å². The average Bonchev–Trinajstić information content (AvgIpc) is 3.50. The quantitative estimate of drug-likeness (QED) is 0.229. The zero-order chi connectivity index (χ0) is 23.8. The maximum absolute atomic E-state index is 13.2. The summed E-state index contributed by atoms with van der Waals surface area (Å²) >= 11 is 14.2. The van der Waals surface area contributed by atoms with Crippen molar-refractivity contribution < 1.29 is 9.72 Å². The number of hydrogen-bond acceptors (Lipinski definition) is 6. The number of thiazole rings is 1. The van der Waals surface area contributed by atoms with E-state index in [0.717, 1.165) is 36.1 Å². The highest BCUT2D eigenvalue weighted by molar-refractivity contribution is 7.21. The van der Waals surface area contributed by atoms with Crippen LogP contribution in [0.15, 0.2) is 54.6 Å². The average molecular weight is 513 g/mol. The summed E-state index contributed by atoms with van der Waals surface area (Å²) in [7, 11) is 0. The lowest BCUT2D eigenvalue weighted by atomic mass is 10.1. The van der Waals surface area contributed by atoms with Crippen LogP contribution in [0.5, 0.6) is 0 Å². The van der Waals surface area contributed by atoms with Crippen molar-refractivity contribution in [3.05, 3.63) is 80.3 Å². The van der Waals surface area contributed by atoms with Gasteiger partial charge in [0.2, 0.25) is 0 Å². The van der Waals surface area contributed by atoms with Crippen molar-refractivity contribution in [2.24, 2.45) is 0 Å². The lowest BCUT2D eigenvalue weighted by Crippen LogP contribution is -2.20. The van der Waals surface area contributed by atoms with Crippen molar-refractivity contribution in [3.63, 3.8) is 0 Å². The molecule has 0 saturated carbocycles. The van der Waals surface area contributed by atoms with Crippen LogP contribution < -0.4 is 10.2 Å². The monoisotopic (exact) mass is 512 g/mol. The maximum atomic E-state index is 13.2. The lowest BCUT2D eigenvalue weighted by molar-refractivity contribution is -0.384. The van der Waals surface area contributed by atoms with Gasteiger partial charge in [-0.3, -0.25) is 14.9 Å². The predicted molar refractivity (Wildman–Crippen MR) is 138 cm³/mol. The van der Waals surface area contributed by atoms with Crippen molar-refractivity contribution in [3.8, 4) is 10.6 Å². The molecule has 1 N–H and O–H groups in total. The van der Waals surface area contributed by atoms with Crippen LogP contribution in [0.25, 0.3) is 20.8 Å². The molecule has 4 aromatic rings. The van der Waals surface area contributed by atoms with E-state index in [1.165, 1.54) is 23.5 Å². The Bertz CT molecular complexity index is 1400. The van der Waals surface area contributed by atoms with E-state index in [1.807, 2.05) is 29.2 Å². The molecular formula is C24H18Cl2N4O3S. The van der Waals surface area contributed by atoms with Gasteiger partial charge < -0.3 is 10.2 Å². The van der Waals surface area contributed by atoms with Crippen LogP contribution >= 0.6 is 34.5 Å². The van der Waals surface area contributed by atoms with Gasteiger partial charge in [0.1, 0.15) is 10.7 Å². The standard InChI is InChI=1S/C24H18Cl2N4O3S/c25-15-12-16(24-27-18-5-1-2-6-21(18)34-24)22(17(26)13-15)28-23(31)14-7-8-19(20(11-14)30(32)33)29-9-3-4-10-29/h1-2,5-8,11-13H,3-4,9-10H2,(H,28,31). The number of nitro benzene ring substituents is 1. The molecule has 1 saturated heterocycles. The molecule has 1 aliphatic rings. The summed E-state index contributed by atoms with van der Waals surface area (Å²) < 4.78 is 0.985. The first-order valence-electron chi connectivity index (χ1n) is 10.6. The van der Waals surface area contributed by atoms with Crippen molar-refractivity contribution in [2.75, 3.05) is 23.3 Å². The van der Waals surface area contributed by atoms with E-state index < -0.39 is 10.8 Å². The summed E-state index contributed by atoms with van der Waals surface area (Å²) in [6.45, 7) is 1.52. The Balaban J connectivity index is 1.51. The van der Waals surface area contributed by atoms with Crippen LogP contribution in [0.3, 0.4) is 0 Å². The van der Waals surface area contributed by atoms with Gasteiger partial charge in [0.25, 0.3) is 11.6 Å². The fourth-order valence-corrected chi connectivity index (χ4v) is 5.61. The van der Waals surface area contributed by atoms with Gasteiger partial charge in [-0.1, -0.05) is 35.3 Å². The van der Waals surface area contributed by atoms with Crippen molar-refractivity contribution >= 4 is 67.7 Å². The van der Waals surface area contributed by atoms with Gasteiger partial charge in [-0.25, -0.2) is 4.98 Å². The fourth-order valence-electron chi connectivity index (χ4n) is 4.08. The number of halogens is 2. The zero-order valence-electron chi connectivity index (χ0n) is 17.8. The third-order valence-corrected chi connectivity index (χ3v) is 7.28. The molecule has 0 spiro atoms. The van der Waals surface area contributed by atoms with E-state index in [1.54, 1.807) is 18.2 Å². The van der Waals surface area contributed by atoms with Crippen LogP contribution in [0.1, 0.15) is 23.2 Å². The molecule has 0 radical (unpaired) electrons. The van der Waals surface area contributed by atoms with E-state index in [4.69, 9.17) is 23.2 Å². The molecule has 1 amide bonds. The molecule has 0 bridgehead atoms. The van der Waals surface area contributed by atoms with Crippen molar-refractivity contribution in [1.82, 2.24) is 4.98 Å². The van der Waals surface area contributed by atoms with Crippen LogP contribution in [0.2, 0.25) is 10.0 Å². The first-order valence-corrected chi connectivity index (χ1v) is 12.2. The minimum Gasteiger partial charge on any atom is -0.366 e. The highest BCUT2D eigenvalue weighted by Gasteiger charge is 2.25. The number of hydrogen-bond donors (Lipinski definition) is 1. The third kappa shape index (κ3) is 4.32. The molecule has 10 heteroatoms. The Hall–Kier alpha value is -3.20. The second kappa shape index (κ2) is 9.21. The highest BCUT2D eigenvalue weighted by Crippen LogP contribution is 2.41. The molecule has 0 atom stereocenters. The number of nitrogens with zero attached hydrogens (tertiary/aromatic N) is 3. The van der Waals surface area contributed by atoms with Gasteiger partial charge in [0.05, 0.1) is 25.8 Å². The normalized spacial score (nSPS) is 13.4. The summed E-state index contributed by atoms with van der Waals surface area (Å²) in [4.78, 5) is 31.1. The first kappa shape index (κ1) is 22.6. The largest absolute Gasteiger partial charge is 0.366 e. The van der Waals surface area contributed by atoms with Gasteiger partial charge in [0.15, 0.2) is 0 Å². The number of para-hydroxylation sites is 1. The molecule has 1 aliphatic heterocycles. The molecule has 3 aromatic carbocycles. The second-order valence-corrected chi connectivity index (χ2v) is 9.78. The number of anilines is 2. The molecule has 0 aliphatic carbocycles. The Kier molecular flexibility index (Phi) is 6.12. The topological polar surface area (TPSA) is 88.4 Å². The fraction of sp³-hybridized carbons (Fsp3) is 0.167. The van der Waals surface area contributed by atoms with E-state index in [-0.39, 0.29) is 16.3 Å². The number of nitro groups is 1. The lowest BCUT2D eigenvalue weighted by Gasteiger charge is -2.18. The molecule has 34 heavy (non-hydrogen) atoms. The number of fused-ring (bicyclic) bond motifs is 1. The number of rotatable bonds is 5. The third-order valence-electron chi connectivity index (χ3n) is 5.70. The Labute approximate surface area is 209 Å². The zero-order valence-corrected chi connectivity index (χ0v) is 20.1. The van der Waals surface area contributed by atoms with Gasteiger partial charge in [-0.15, -0.1) is 11.3 Å². The second-order valence-electron chi connectivity index (χ2n) is 7.91. The van der Waals surface area contributed by atoms with E-state index in [9.17, 15) is 14.9 Å². The smallest absolute Gasteiger partial charge is 0.293 e. The van der Waals surface area contributed by atoms with E-state index in [0.29, 0.717) is 27.0 Å². The summed E-state index contributed by atoms with van der Waals surface area (Å²) in [5.74, 6) is -0.511. The van der Waals surface area contributed by atoms with E-state index in [2.05, 4.69) is 10.3 Å². The molecule has 172 valence electrons. The Morgan fingerprint density at radius 2 is 1.85 bits per heavy atom. The molecule has 1 fully saturated rings. The Morgan fingerprint density at radius 3 is 2.59 bits per heavy atom. The molecular weight excluding hydrogens is 495 g/mol. The molecule has 2 heterocycles. The number of nitrogens with one attached hydrogen (secondary N) is 1. The van der Waals surface area contributed by atoms with Crippen molar-refractivity contribution in [1.29, 1.82) is 0 Å². The van der Waals surface area contributed by atoms with Crippen molar-refractivity contribution in [2.45, 2.75) is 12.8 Å². The van der Waals surface area contributed by atoms with Crippen LogP contribution in [0, 0.1) is 10.1 Å². The SMILES string of the molecule is O=C(Nc1c(Cl)cc(Cl)cc1-c1nc2ccccc2s1)c1ccc(N2CCCC2)c([N+](=O)[O-])c1. The first-order chi connectivity index (χ1) is 16.4. The molecule has 0 unspecified atom stereocenters. The van der Waals surface area contributed by atoms with Gasteiger partial charge in [0, 0.05) is 35.3 Å².